The Balaban J connectivity index is 1.97. The molecule has 1 atom stereocenters. The van der Waals surface area contributed by atoms with Crippen LogP contribution in [0.25, 0.3) is 0 Å². The number of ether oxygens (including phenoxy) is 2. The van der Waals surface area contributed by atoms with Crippen LogP contribution in [0.3, 0.4) is 0 Å². The minimum atomic E-state index is -0.421. The highest BCUT2D eigenvalue weighted by molar-refractivity contribution is 5.71. The summed E-state index contributed by atoms with van der Waals surface area (Å²) in [5.74, 6) is 1.40. The number of anilines is 2. The molecule has 0 amide bonds. The predicted octanol–water partition coefficient (Wildman–Crippen LogP) is -0.266. The number of nitrogens with two attached hydrogens (primary N) is 2. The van der Waals surface area contributed by atoms with E-state index in [4.69, 9.17) is 20.9 Å². The zero-order valence-electron chi connectivity index (χ0n) is 10.2. The Hall–Kier alpha value is -1.66. The van der Waals surface area contributed by atoms with Gasteiger partial charge in [-0.05, 0) is 6.07 Å². The van der Waals surface area contributed by atoms with Crippen molar-refractivity contribution in [1.29, 1.82) is 0 Å². The molecule has 0 aromatic heterocycles. The molecule has 0 saturated carbocycles. The molecule has 0 aliphatic carbocycles. The van der Waals surface area contributed by atoms with E-state index in [0.717, 1.165) is 37.6 Å². The summed E-state index contributed by atoms with van der Waals surface area (Å²) in [5.41, 5.74) is 13.3. The Morgan fingerprint density at radius 1 is 1.28 bits per heavy atom. The van der Waals surface area contributed by atoms with E-state index in [1.165, 1.54) is 0 Å². The van der Waals surface area contributed by atoms with E-state index in [0.29, 0.717) is 18.0 Å². The zero-order valence-corrected chi connectivity index (χ0v) is 10.2. The van der Waals surface area contributed by atoms with Crippen molar-refractivity contribution in [2.24, 2.45) is 5.73 Å². The Morgan fingerprint density at radius 2 is 2.06 bits per heavy atom. The van der Waals surface area contributed by atoms with Crippen molar-refractivity contribution in [3.8, 4) is 11.5 Å². The molecule has 3 rings (SSSR count). The summed E-state index contributed by atoms with van der Waals surface area (Å²) >= 11 is 0. The average Bonchev–Trinajstić information content (AvgIpc) is 2.38. The molecule has 6 nitrogen and oxygen atoms in total. The van der Waals surface area contributed by atoms with Gasteiger partial charge in [-0.15, -0.1) is 0 Å². The molecule has 1 unspecified atom stereocenters. The average molecular weight is 250 g/mol. The van der Waals surface area contributed by atoms with E-state index >= 15 is 0 Å². The molecule has 0 spiro atoms. The molecule has 5 N–H and O–H groups in total. The van der Waals surface area contributed by atoms with Gasteiger partial charge >= 0.3 is 0 Å². The van der Waals surface area contributed by atoms with E-state index < -0.39 is 6.23 Å². The normalized spacial score (nSPS) is 22.9. The van der Waals surface area contributed by atoms with Crippen LogP contribution in [0.2, 0.25) is 0 Å². The Labute approximate surface area is 106 Å². The van der Waals surface area contributed by atoms with Gasteiger partial charge in [0.1, 0.15) is 6.61 Å². The molecule has 2 heterocycles. The summed E-state index contributed by atoms with van der Waals surface area (Å²) in [6, 6.07) is 3.70. The fourth-order valence-electron chi connectivity index (χ4n) is 2.34. The fourth-order valence-corrected chi connectivity index (χ4v) is 2.34. The minimum Gasteiger partial charge on any atom is -0.482 e. The molecule has 1 fully saturated rings. The van der Waals surface area contributed by atoms with E-state index in [2.05, 4.69) is 10.2 Å². The van der Waals surface area contributed by atoms with E-state index in [1.54, 1.807) is 6.07 Å². The van der Waals surface area contributed by atoms with Crippen LogP contribution in [0, 0.1) is 0 Å². The second kappa shape index (κ2) is 4.55. The van der Waals surface area contributed by atoms with Gasteiger partial charge in [-0.1, -0.05) is 0 Å². The number of benzene rings is 1. The fraction of sp³-hybridized carbons (Fsp3) is 0.500. The number of fused-ring (bicyclic) bond motifs is 1. The SMILES string of the molecule is Nc1cc2c(c(N3CCNCC3)c1)OCC(N)O2. The molecule has 2 aliphatic heterocycles. The third-order valence-electron chi connectivity index (χ3n) is 3.19. The highest BCUT2D eigenvalue weighted by atomic mass is 16.6. The van der Waals surface area contributed by atoms with Crippen molar-refractivity contribution >= 4 is 11.4 Å². The summed E-state index contributed by atoms with van der Waals surface area (Å²) in [6.45, 7) is 4.17. The van der Waals surface area contributed by atoms with Crippen LogP contribution < -0.4 is 31.2 Å². The van der Waals surface area contributed by atoms with Gasteiger partial charge < -0.3 is 25.4 Å². The Kier molecular flexibility index (Phi) is 2.89. The van der Waals surface area contributed by atoms with Crippen molar-refractivity contribution < 1.29 is 9.47 Å². The number of piperazine rings is 1. The predicted molar refractivity (Wildman–Crippen MR) is 70.0 cm³/mol. The minimum absolute atomic E-state index is 0.371. The van der Waals surface area contributed by atoms with E-state index in [1.807, 2.05) is 6.07 Å². The smallest absolute Gasteiger partial charge is 0.184 e. The highest BCUT2D eigenvalue weighted by Gasteiger charge is 2.25. The number of rotatable bonds is 1. The van der Waals surface area contributed by atoms with Crippen molar-refractivity contribution in [3.05, 3.63) is 12.1 Å². The van der Waals surface area contributed by atoms with Crippen molar-refractivity contribution in [2.75, 3.05) is 43.4 Å². The van der Waals surface area contributed by atoms with Crippen molar-refractivity contribution in [1.82, 2.24) is 5.32 Å². The second-order valence-electron chi connectivity index (χ2n) is 4.57. The van der Waals surface area contributed by atoms with Gasteiger partial charge in [0.15, 0.2) is 17.7 Å². The number of nitrogens with zero attached hydrogens (tertiary/aromatic N) is 1. The number of hydrogen-bond donors (Lipinski definition) is 3. The lowest BCUT2D eigenvalue weighted by Gasteiger charge is -2.33. The summed E-state index contributed by atoms with van der Waals surface area (Å²) < 4.78 is 11.3. The first-order chi connectivity index (χ1) is 8.74. The molecule has 2 aliphatic rings. The quantitative estimate of drug-likeness (QED) is 0.595. The molecule has 1 aromatic carbocycles. The molecule has 1 saturated heterocycles. The standard InChI is InChI=1S/C12H18N4O2/c13-8-5-9(16-3-1-15-2-4-16)12-10(6-8)18-11(14)7-17-12/h5-6,11,15H,1-4,7,13-14H2. The van der Waals surface area contributed by atoms with Crippen LogP contribution in [0.1, 0.15) is 0 Å². The molecule has 1 aromatic rings. The van der Waals surface area contributed by atoms with E-state index in [9.17, 15) is 0 Å². The number of nitrogen functional groups attached to an aromatic ring is 1. The van der Waals surface area contributed by atoms with Crippen LogP contribution >= 0.6 is 0 Å². The summed E-state index contributed by atoms with van der Waals surface area (Å²) in [4.78, 5) is 2.26. The number of hydrogen-bond acceptors (Lipinski definition) is 6. The summed E-state index contributed by atoms with van der Waals surface area (Å²) in [7, 11) is 0. The highest BCUT2D eigenvalue weighted by Crippen LogP contribution is 2.42. The molecule has 0 bridgehead atoms. The first-order valence-corrected chi connectivity index (χ1v) is 6.18. The number of nitrogens with one attached hydrogen (secondary N) is 1. The third kappa shape index (κ3) is 2.04. The van der Waals surface area contributed by atoms with Gasteiger partial charge in [-0.3, -0.25) is 5.73 Å². The summed E-state index contributed by atoms with van der Waals surface area (Å²) in [6.07, 6.45) is -0.421. The third-order valence-corrected chi connectivity index (χ3v) is 3.19. The lowest BCUT2D eigenvalue weighted by molar-refractivity contribution is 0.0962. The second-order valence-corrected chi connectivity index (χ2v) is 4.57. The first-order valence-electron chi connectivity index (χ1n) is 6.18. The maximum atomic E-state index is 5.92. The van der Waals surface area contributed by atoms with Crippen LogP contribution in [0.4, 0.5) is 11.4 Å². The lowest BCUT2D eigenvalue weighted by Crippen LogP contribution is -2.44. The summed E-state index contributed by atoms with van der Waals surface area (Å²) in [5, 5.41) is 3.32. The van der Waals surface area contributed by atoms with Crippen LogP contribution in [0.5, 0.6) is 11.5 Å². The topological polar surface area (TPSA) is 85.8 Å². The van der Waals surface area contributed by atoms with Gasteiger partial charge in [0.2, 0.25) is 0 Å². The molecule has 18 heavy (non-hydrogen) atoms. The molecule has 0 radical (unpaired) electrons. The monoisotopic (exact) mass is 250 g/mol. The molecular weight excluding hydrogens is 232 g/mol. The maximum absolute atomic E-state index is 5.92. The van der Waals surface area contributed by atoms with Gasteiger partial charge in [0.05, 0.1) is 5.69 Å². The van der Waals surface area contributed by atoms with Crippen LogP contribution in [-0.2, 0) is 0 Å². The van der Waals surface area contributed by atoms with Crippen LogP contribution in [-0.4, -0.2) is 39.0 Å². The van der Waals surface area contributed by atoms with E-state index in [-0.39, 0.29) is 0 Å². The van der Waals surface area contributed by atoms with Crippen molar-refractivity contribution in [2.45, 2.75) is 6.23 Å². The van der Waals surface area contributed by atoms with Crippen LogP contribution in [0.15, 0.2) is 12.1 Å². The Bertz CT molecular complexity index is 446. The lowest BCUT2D eigenvalue weighted by atomic mass is 10.2. The van der Waals surface area contributed by atoms with Gasteiger partial charge in [-0.2, -0.15) is 0 Å². The molecule has 6 heteroatoms. The van der Waals surface area contributed by atoms with Crippen molar-refractivity contribution in [3.63, 3.8) is 0 Å². The molecule has 98 valence electrons. The first kappa shape index (κ1) is 11.4. The maximum Gasteiger partial charge on any atom is 0.184 e. The van der Waals surface area contributed by atoms with Gasteiger partial charge in [0.25, 0.3) is 0 Å². The van der Waals surface area contributed by atoms with Gasteiger partial charge in [-0.25, -0.2) is 0 Å². The Morgan fingerprint density at radius 3 is 2.83 bits per heavy atom. The zero-order chi connectivity index (χ0) is 12.5. The largest absolute Gasteiger partial charge is 0.482 e. The molecular formula is C12H18N4O2. The van der Waals surface area contributed by atoms with Gasteiger partial charge in [0, 0.05) is 37.9 Å².